The minimum atomic E-state index is -0.190. The van der Waals surface area contributed by atoms with Crippen LogP contribution in [0.3, 0.4) is 0 Å². The number of carbonyl (C=O) groups excluding carboxylic acids is 1. The van der Waals surface area contributed by atoms with Crippen molar-refractivity contribution in [1.82, 2.24) is 14.6 Å². The van der Waals surface area contributed by atoms with Crippen molar-refractivity contribution in [2.75, 3.05) is 19.6 Å². The van der Waals surface area contributed by atoms with Crippen LogP contribution in [-0.2, 0) is 7.05 Å². The van der Waals surface area contributed by atoms with Gasteiger partial charge in [-0.2, -0.15) is 0 Å². The molecule has 7 nitrogen and oxygen atoms in total. The number of benzene rings is 2. The van der Waals surface area contributed by atoms with Crippen LogP contribution in [0.5, 0.6) is 11.5 Å². The topological polar surface area (TPSA) is 80.7 Å². The molecule has 1 N–H and O–H groups in total. The van der Waals surface area contributed by atoms with E-state index < -0.39 is 0 Å². The Morgan fingerprint density at radius 2 is 1.85 bits per heavy atom. The second-order valence-electron chi connectivity index (χ2n) is 8.64. The highest BCUT2D eigenvalue weighted by atomic mass is 16.5. The van der Waals surface area contributed by atoms with Gasteiger partial charge in [0.15, 0.2) is 11.5 Å². The Morgan fingerprint density at radius 1 is 1.12 bits per heavy atom. The molecular weight excluding hydrogens is 430 g/mol. The van der Waals surface area contributed by atoms with Gasteiger partial charge in [0, 0.05) is 37.5 Å². The largest absolute Gasteiger partial charge is 0.508 e. The number of aryl methyl sites for hydroxylation is 1. The highest BCUT2D eigenvalue weighted by Gasteiger charge is 2.29. The zero-order valence-electron chi connectivity index (χ0n) is 19.3. The van der Waals surface area contributed by atoms with Gasteiger partial charge in [-0.15, -0.1) is 0 Å². The Kier molecular flexibility index (Phi) is 5.94. The molecule has 0 saturated carbocycles. The Hall–Kier alpha value is -3.84. The molecule has 1 aliphatic heterocycles. The third-order valence-electron chi connectivity index (χ3n) is 6.12. The molecule has 7 heteroatoms. The molecule has 34 heavy (non-hydrogen) atoms. The smallest absolute Gasteiger partial charge is 0.199 e. The van der Waals surface area contributed by atoms with Crippen molar-refractivity contribution in [3.05, 3.63) is 78.0 Å². The van der Waals surface area contributed by atoms with Gasteiger partial charge < -0.3 is 18.9 Å². The molecule has 0 bridgehead atoms. The first-order valence-corrected chi connectivity index (χ1v) is 11.5. The standard InChI is InChI=1S/C27H27N3O4/c1-3-14-30-16-22(17-30)33-21-12-8-18(9-13-21)26(32)24-25(23-5-4-15-29(23)2)28-34-27(24)19-6-10-20(31)11-7-19/h4-13,15,22,31H,3,14,16-17H2,1-2H3. The molecule has 0 aliphatic carbocycles. The molecule has 1 aliphatic rings. The van der Waals surface area contributed by atoms with Crippen LogP contribution in [0.15, 0.2) is 71.4 Å². The van der Waals surface area contributed by atoms with E-state index in [9.17, 15) is 9.90 Å². The number of carbonyl (C=O) groups is 1. The van der Waals surface area contributed by atoms with Crippen LogP contribution in [0.2, 0.25) is 0 Å². The van der Waals surface area contributed by atoms with Gasteiger partial charge in [0.25, 0.3) is 0 Å². The fourth-order valence-electron chi connectivity index (χ4n) is 4.31. The number of hydrogen-bond donors (Lipinski definition) is 1. The SMILES string of the molecule is CCCN1CC(Oc2ccc(C(=O)c3c(-c4cccn4C)noc3-c3ccc(O)cc3)cc2)C1. The lowest BCUT2D eigenvalue weighted by atomic mass is 9.97. The van der Waals surface area contributed by atoms with E-state index in [1.165, 1.54) is 0 Å². The number of aromatic nitrogens is 2. The van der Waals surface area contributed by atoms with Gasteiger partial charge in [-0.1, -0.05) is 12.1 Å². The van der Waals surface area contributed by atoms with Gasteiger partial charge in [-0.3, -0.25) is 9.69 Å². The van der Waals surface area contributed by atoms with Crippen molar-refractivity contribution < 1.29 is 19.2 Å². The summed E-state index contributed by atoms with van der Waals surface area (Å²) in [5.41, 5.74) is 2.82. The zero-order chi connectivity index (χ0) is 23.7. The molecule has 2 aromatic heterocycles. The molecule has 0 unspecified atom stereocenters. The van der Waals surface area contributed by atoms with E-state index in [2.05, 4.69) is 17.0 Å². The molecule has 0 radical (unpaired) electrons. The minimum absolute atomic E-state index is 0.138. The van der Waals surface area contributed by atoms with E-state index in [1.54, 1.807) is 36.4 Å². The van der Waals surface area contributed by atoms with Gasteiger partial charge in [0.1, 0.15) is 23.3 Å². The number of aromatic hydroxyl groups is 1. The Balaban J connectivity index is 1.44. The Bertz CT molecular complexity index is 1280. The average molecular weight is 458 g/mol. The predicted molar refractivity (Wildman–Crippen MR) is 129 cm³/mol. The number of likely N-dealkylation sites (tertiary alicyclic amines) is 1. The molecule has 1 fully saturated rings. The van der Waals surface area contributed by atoms with Crippen molar-refractivity contribution in [3.8, 4) is 34.2 Å². The number of phenols is 1. The highest BCUT2D eigenvalue weighted by molar-refractivity contribution is 6.15. The number of nitrogens with zero attached hydrogens (tertiary/aromatic N) is 3. The molecule has 2 aromatic carbocycles. The van der Waals surface area contributed by atoms with Gasteiger partial charge >= 0.3 is 0 Å². The highest BCUT2D eigenvalue weighted by Crippen LogP contribution is 2.35. The molecule has 0 spiro atoms. The van der Waals surface area contributed by atoms with Crippen LogP contribution >= 0.6 is 0 Å². The third-order valence-corrected chi connectivity index (χ3v) is 6.12. The maximum atomic E-state index is 13.7. The average Bonchev–Trinajstić information content (AvgIpc) is 3.44. The van der Waals surface area contributed by atoms with Crippen LogP contribution in [0, 0.1) is 0 Å². The maximum absolute atomic E-state index is 13.7. The summed E-state index contributed by atoms with van der Waals surface area (Å²) in [6.45, 7) is 5.14. The second kappa shape index (κ2) is 9.19. The second-order valence-corrected chi connectivity index (χ2v) is 8.64. The molecule has 3 heterocycles. The first-order chi connectivity index (χ1) is 16.5. The van der Waals surface area contributed by atoms with Gasteiger partial charge in [-0.25, -0.2) is 0 Å². The van der Waals surface area contributed by atoms with E-state index in [1.807, 2.05) is 42.1 Å². The van der Waals surface area contributed by atoms with Crippen LogP contribution in [0.4, 0.5) is 0 Å². The molecule has 0 atom stereocenters. The monoisotopic (exact) mass is 457 g/mol. The number of hydrogen-bond acceptors (Lipinski definition) is 6. The summed E-state index contributed by atoms with van der Waals surface area (Å²) in [7, 11) is 1.90. The quantitative estimate of drug-likeness (QED) is 0.385. The summed E-state index contributed by atoms with van der Waals surface area (Å²) < 4.78 is 13.6. The van der Waals surface area contributed by atoms with Crippen molar-refractivity contribution >= 4 is 5.78 Å². The number of rotatable bonds is 8. The van der Waals surface area contributed by atoms with Crippen LogP contribution < -0.4 is 4.74 Å². The number of ether oxygens (including phenoxy) is 1. The summed E-state index contributed by atoms with van der Waals surface area (Å²) in [4.78, 5) is 16.1. The van der Waals surface area contributed by atoms with E-state index in [0.717, 1.165) is 37.5 Å². The van der Waals surface area contributed by atoms with E-state index in [-0.39, 0.29) is 17.6 Å². The first kappa shape index (κ1) is 22.0. The minimum Gasteiger partial charge on any atom is -0.508 e. The molecular formula is C27H27N3O4. The lowest BCUT2D eigenvalue weighted by Gasteiger charge is -2.38. The third kappa shape index (κ3) is 4.22. The summed E-state index contributed by atoms with van der Waals surface area (Å²) in [6.07, 6.45) is 3.23. The summed E-state index contributed by atoms with van der Waals surface area (Å²) in [5.74, 6) is 1.07. The first-order valence-electron chi connectivity index (χ1n) is 11.5. The summed E-state index contributed by atoms with van der Waals surface area (Å²) >= 11 is 0. The summed E-state index contributed by atoms with van der Waals surface area (Å²) in [6, 6.07) is 17.6. The predicted octanol–water partition coefficient (Wildman–Crippen LogP) is 4.76. The zero-order valence-corrected chi connectivity index (χ0v) is 19.3. The molecule has 0 amide bonds. The van der Waals surface area contributed by atoms with Crippen LogP contribution in [-0.4, -0.2) is 51.3 Å². The van der Waals surface area contributed by atoms with Crippen molar-refractivity contribution in [3.63, 3.8) is 0 Å². The fourth-order valence-corrected chi connectivity index (χ4v) is 4.31. The van der Waals surface area contributed by atoms with Crippen molar-refractivity contribution in [2.24, 2.45) is 7.05 Å². The van der Waals surface area contributed by atoms with Crippen LogP contribution in [0.1, 0.15) is 29.3 Å². The Morgan fingerprint density at radius 3 is 2.50 bits per heavy atom. The van der Waals surface area contributed by atoms with Crippen molar-refractivity contribution in [1.29, 1.82) is 0 Å². The van der Waals surface area contributed by atoms with E-state index in [4.69, 9.17) is 9.26 Å². The molecule has 174 valence electrons. The van der Waals surface area contributed by atoms with Crippen LogP contribution in [0.25, 0.3) is 22.7 Å². The van der Waals surface area contributed by atoms with Gasteiger partial charge in [0.05, 0.1) is 11.3 Å². The molecule has 1 saturated heterocycles. The number of ketones is 1. The maximum Gasteiger partial charge on any atom is 0.199 e. The number of phenolic OH excluding ortho intramolecular Hbond substituents is 1. The Labute approximate surface area is 198 Å². The molecule has 5 rings (SSSR count). The lowest BCUT2D eigenvalue weighted by Crippen LogP contribution is -2.53. The lowest BCUT2D eigenvalue weighted by molar-refractivity contribution is 0.0202. The van der Waals surface area contributed by atoms with E-state index >= 15 is 0 Å². The summed E-state index contributed by atoms with van der Waals surface area (Å²) in [5, 5.41) is 13.9. The normalized spacial score (nSPS) is 14.2. The van der Waals surface area contributed by atoms with Crippen molar-refractivity contribution in [2.45, 2.75) is 19.4 Å². The van der Waals surface area contributed by atoms with E-state index in [0.29, 0.717) is 28.1 Å². The van der Waals surface area contributed by atoms with Gasteiger partial charge in [-0.05, 0) is 73.6 Å². The van der Waals surface area contributed by atoms with Gasteiger partial charge in [0.2, 0.25) is 0 Å². The molecule has 4 aromatic rings. The fraction of sp³-hybridized carbons (Fsp3) is 0.259.